The summed E-state index contributed by atoms with van der Waals surface area (Å²) in [6.45, 7) is 2.08. The van der Waals surface area contributed by atoms with E-state index in [9.17, 15) is 4.79 Å². The van der Waals surface area contributed by atoms with E-state index >= 15 is 0 Å². The number of benzene rings is 2. The van der Waals surface area contributed by atoms with Gasteiger partial charge in [0.15, 0.2) is 0 Å². The van der Waals surface area contributed by atoms with Crippen LogP contribution in [0.3, 0.4) is 0 Å². The molecule has 0 aliphatic heterocycles. The summed E-state index contributed by atoms with van der Waals surface area (Å²) in [6, 6.07) is 17.7. The Morgan fingerprint density at radius 1 is 1.11 bits per heavy atom. The van der Waals surface area contributed by atoms with Crippen LogP contribution < -0.4 is 5.32 Å². The lowest BCUT2D eigenvalue weighted by Gasteiger charge is -2.17. The smallest absolute Gasteiger partial charge is 0.251 e. The van der Waals surface area contributed by atoms with Gasteiger partial charge in [0.1, 0.15) is 0 Å². The highest BCUT2D eigenvalue weighted by Gasteiger charge is 2.13. The van der Waals surface area contributed by atoms with Crippen molar-refractivity contribution >= 4 is 28.5 Å². The Kier molecular flexibility index (Phi) is 4.96. The lowest BCUT2D eigenvalue weighted by atomic mass is 10.0. The third kappa shape index (κ3) is 3.80. The second kappa shape index (κ2) is 6.70. The van der Waals surface area contributed by atoms with E-state index in [1.54, 1.807) is 0 Å². The first kappa shape index (κ1) is 14.1. The fourth-order valence-corrected chi connectivity index (χ4v) is 2.31. The van der Waals surface area contributed by atoms with Gasteiger partial charge in [0.25, 0.3) is 5.91 Å². The third-order valence-electron chi connectivity index (χ3n) is 3.02. The molecule has 2 aromatic rings. The maximum Gasteiger partial charge on any atom is 0.251 e. The molecule has 0 saturated carbocycles. The molecule has 0 aromatic heterocycles. The molecule has 2 rings (SSSR count). The molecule has 1 atom stereocenters. The van der Waals surface area contributed by atoms with Gasteiger partial charge < -0.3 is 5.32 Å². The van der Waals surface area contributed by atoms with E-state index in [1.807, 2.05) is 54.6 Å². The summed E-state index contributed by atoms with van der Waals surface area (Å²) in [5.74, 6) is -0.0212. The van der Waals surface area contributed by atoms with Crippen molar-refractivity contribution in [3.05, 3.63) is 69.3 Å². The molecule has 0 fully saturated rings. The highest BCUT2D eigenvalue weighted by molar-refractivity contribution is 14.1. The van der Waals surface area contributed by atoms with Crippen molar-refractivity contribution < 1.29 is 4.79 Å². The monoisotopic (exact) mass is 365 g/mol. The number of amides is 1. The van der Waals surface area contributed by atoms with E-state index < -0.39 is 0 Å². The number of hydrogen-bond donors (Lipinski definition) is 1. The Hall–Kier alpha value is -1.36. The van der Waals surface area contributed by atoms with Gasteiger partial charge in [-0.15, -0.1) is 0 Å². The van der Waals surface area contributed by atoms with E-state index in [0.717, 1.165) is 15.6 Å². The topological polar surface area (TPSA) is 29.1 Å². The number of carbonyl (C=O) groups excluding carboxylic acids is 1. The molecule has 19 heavy (non-hydrogen) atoms. The Morgan fingerprint density at radius 2 is 1.74 bits per heavy atom. The van der Waals surface area contributed by atoms with E-state index in [4.69, 9.17) is 0 Å². The van der Waals surface area contributed by atoms with Crippen LogP contribution in [-0.4, -0.2) is 5.91 Å². The summed E-state index contributed by atoms with van der Waals surface area (Å²) in [5.41, 5.74) is 1.85. The fourth-order valence-electron chi connectivity index (χ4n) is 1.95. The molecule has 3 heteroatoms. The summed E-state index contributed by atoms with van der Waals surface area (Å²) in [5, 5.41) is 3.08. The van der Waals surface area contributed by atoms with Gasteiger partial charge in [-0.1, -0.05) is 37.3 Å². The van der Waals surface area contributed by atoms with E-state index in [1.165, 1.54) is 0 Å². The average Bonchev–Trinajstić information content (AvgIpc) is 2.46. The van der Waals surface area contributed by atoms with Crippen LogP contribution in [0.1, 0.15) is 35.3 Å². The van der Waals surface area contributed by atoms with Crippen molar-refractivity contribution in [2.24, 2.45) is 0 Å². The number of carbonyl (C=O) groups is 1. The van der Waals surface area contributed by atoms with Gasteiger partial charge in [0.2, 0.25) is 0 Å². The second-order valence-electron chi connectivity index (χ2n) is 4.35. The van der Waals surface area contributed by atoms with Crippen LogP contribution in [0.5, 0.6) is 0 Å². The van der Waals surface area contributed by atoms with Gasteiger partial charge in [-0.2, -0.15) is 0 Å². The van der Waals surface area contributed by atoms with Crippen LogP contribution >= 0.6 is 22.6 Å². The van der Waals surface area contributed by atoms with Crippen LogP contribution in [0.15, 0.2) is 54.6 Å². The molecule has 1 amide bonds. The van der Waals surface area contributed by atoms with Crippen LogP contribution in [0.4, 0.5) is 0 Å². The largest absolute Gasteiger partial charge is 0.345 e. The molecular formula is C16H16INO. The van der Waals surface area contributed by atoms with E-state index in [2.05, 4.69) is 34.8 Å². The van der Waals surface area contributed by atoms with Gasteiger partial charge >= 0.3 is 0 Å². The Bertz CT molecular complexity index is 536. The Morgan fingerprint density at radius 3 is 2.32 bits per heavy atom. The molecule has 0 radical (unpaired) electrons. The third-order valence-corrected chi connectivity index (χ3v) is 3.74. The molecular weight excluding hydrogens is 349 g/mol. The number of nitrogens with one attached hydrogen (secondary N) is 1. The minimum absolute atomic E-state index is 0.0212. The normalized spacial score (nSPS) is 11.9. The van der Waals surface area contributed by atoms with Crippen molar-refractivity contribution in [2.75, 3.05) is 0 Å². The second-order valence-corrected chi connectivity index (χ2v) is 5.60. The first-order valence-corrected chi connectivity index (χ1v) is 7.40. The molecule has 0 aliphatic rings. The highest BCUT2D eigenvalue weighted by atomic mass is 127. The molecule has 2 nitrogen and oxygen atoms in total. The first-order chi connectivity index (χ1) is 9.20. The van der Waals surface area contributed by atoms with Crippen molar-refractivity contribution in [1.29, 1.82) is 0 Å². The summed E-state index contributed by atoms with van der Waals surface area (Å²) < 4.78 is 1.13. The number of hydrogen-bond acceptors (Lipinski definition) is 1. The molecule has 0 spiro atoms. The van der Waals surface area contributed by atoms with Crippen LogP contribution in [0, 0.1) is 3.57 Å². The maximum atomic E-state index is 12.2. The molecule has 1 N–H and O–H groups in total. The van der Waals surface area contributed by atoms with Crippen molar-refractivity contribution in [1.82, 2.24) is 5.32 Å². The minimum Gasteiger partial charge on any atom is -0.345 e. The molecule has 0 bridgehead atoms. The van der Waals surface area contributed by atoms with Crippen molar-refractivity contribution in [2.45, 2.75) is 19.4 Å². The number of rotatable bonds is 4. The zero-order chi connectivity index (χ0) is 13.7. The predicted molar refractivity (Wildman–Crippen MR) is 86.1 cm³/mol. The van der Waals surface area contributed by atoms with Gasteiger partial charge in [-0.05, 0) is 58.8 Å². The Labute approximate surface area is 127 Å². The fraction of sp³-hybridized carbons (Fsp3) is 0.188. The maximum absolute atomic E-state index is 12.2. The first-order valence-electron chi connectivity index (χ1n) is 6.32. The van der Waals surface area contributed by atoms with Gasteiger partial charge in [0, 0.05) is 9.13 Å². The zero-order valence-electron chi connectivity index (χ0n) is 10.8. The quantitative estimate of drug-likeness (QED) is 0.810. The van der Waals surface area contributed by atoms with Crippen molar-refractivity contribution in [3.63, 3.8) is 0 Å². The molecule has 0 aliphatic carbocycles. The van der Waals surface area contributed by atoms with Gasteiger partial charge in [-0.3, -0.25) is 4.79 Å². The van der Waals surface area contributed by atoms with Crippen LogP contribution in [0.25, 0.3) is 0 Å². The standard InChI is InChI=1S/C16H16INO/c1-2-15(12-6-4-3-5-7-12)18-16(19)13-8-10-14(17)11-9-13/h3-11,15H,2H2,1H3,(H,18,19)/t15-/m0/s1. The average molecular weight is 365 g/mol. The lowest BCUT2D eigenvalue weighted by molar-refractivity contribution is 0.0935. The lowest BCUT2D eigenvalue weighted by Crippen LogP contribution is -2.28. The molecule has 0 unspecified atom stereocenters. The number of halogens is 1. The molecule has 2 aromatic carbocycles. The van der Waals surface area contributed by atoms with E-state index in [-0.39, 0.29) is 11.9 Å². The van der Waals surface area contributed by atoms with Gasteiger partial charge in [0.05, 0.1) is 6.04 Å². The summed E-state index contributed by atoms with van der Waals surface area (Å²) in [4.78, 5) is 12.2. The van der Waals surface area contributed by atoms with Crippen LogP contribution in [-0.2, 0) is 0 Å². The van der Waals surface area contributed by atoms with Crippen LogP contribution in [0.2, 0.25) is 0 Å². The highest BCUT2D eigenvalue weighted by Crippen LogP contribution is 2.17. The predicted octanol–water partition coefficient (Wildman–Crippen LogP) is 4.17. The summed E-state index contributed by atoms with van der Waals surface area (Å²) in [7, 11) is 0. The van der Waals surface area contributed by atoms with Crippen molar-refractivity contribution in [3.8, 4) is 0 Å². The Balaban J connectivity index is 2.10. The summed E-state index contributed by atoms with van der Waals surface area (Å²) >= 11 is 2.23. The van der Waals surface area contributed by atoms with Gasteiger partial charge in [-0.25, -0.2) is 0 Å². The minimum atomic E-state index is -0.0212. The summed E-state index contributed by atoms with van der Waals surface area (Å²) in [6.07, 6.45) is 0.875. The zero-order valence-corrected chi connectivity index (χ0v) is 12.9. The molecule has 98 valence electrons. The molecule has 0 heterocycles. The molecule has 0 saturated heterocycles. The SMILES string of the molecule is CC[C@H](NC(=O)c1ccc(I)cc1)c1ccccc1. The van der Waals surface area contributed by atoms with E-state index in [0.29, 0.717) is 5.56 Å².